The molecule has 3 heterocycles. The fourth-order valence-corrected chi connectivity index (χ4v) is 4.27. The second kappa shape index (κ2) is 8.65. The number of amides is 3. The molecule has 0 saturated carbocycles. The first-order valence-corrected chi connectivity index (χ1v) is 10.2. The summed E-state index contributed by atoms with van der Waals surface area (Å²) in [4.78, 5) is 27.3. The molecule has 2 aromatic rings. The molecule has 2 fully saturated rings. The molecule has 8 heteroatoms. The van der Waals surface area contributed by atoms with Crippen LogP contribution in [0.4, 0.5) is 10.5 Å². The normalized spacial score (nSPS) is 22.4. The summed E-state index contributed by atoms with van der Waals surface area (Å²) in [5.41, 5.74) is 1.89. The molecule has 2 atom stereocenters. The monoisotopic (exact) mass is 396 g/mol. The van der Waals surface area contributed by atoms with Crippen LogP contribution >= 0.6 is 0 Å². The van der Waals surface area contributed by atoms with E-state index in [1.165, 1.54) is 0 Å². The van der Waals surface area contributed by atoms with Crippen molar-refractivity contribution in [3.05, 3.63) is 48.3 Å². The van der Waals surface area contributed by atoms with Crippen molar-refractivity contribution in [1.29, 1.82) is 0 Å². The summed E-state index contributed by atoms with van der Waals surface area (Å²) in [7, 11) is 1.90. The van der Waals surface area contributed by atoms with Crippen LogP contribution in [-0.4, -0.2) is 58.8 Å². The lowest BCUT2D eigenvalue weighted by molar-refractivity contribution is -0.136. The second-order valence-electron chi connectivity index (χ2n) is 7.88. The van der Waals surface area contributed by atoms with Gasteiger partial charge in [-0.15, -0.1) is 0 Å². The number of benzene rings is 1. The van der Waals surface area contributed by atoms with E-state index in [1.54, 1.807) is 4.68 Å². The van der Waals surface area contributed by atoms with Gasteiger partial charge in [-0.2, -0.15) is 5.10 Å². The zero-order valence-electron chi connectivity index (χ0n) is 16.7. The maximum atomic E-state index is 13.1. The zero-order valence-corrected chi connectivity index (χ0v) is 16.7. The number of anilines is 1. The van der Waals surface area contributed by atoms with Crippen LogP contribution < -0.4 is 16.0 Å². The van der Waals surface area contributed by atoms with E-state index in [-0.39, 0.29) is 29.8 Å². The molecule has 1 aromatic heterocycles. The quantitative estimate of drug-likeness (QED) is 0.731. The molecular weight excluding hydrogens is 368 g/mol. The number of rotatable bonds is 4. The lowest BCUT2D eigenvalue weighted by atomic mass is 9.89. The van der Waals surface area contributed by atoms with Crippen molar-refractivity contribution in [1.82, 2.24) is 25.3 Å². The van der Waals surface area contributed by atoms with Crippen molar-refractivity contribution in [3.63, 3.8) is 0 Å². The molecule has 0 unspecified atom stereocenters. The van der Waals surface area contributed by atoms with Gasteiger partial charge in [-0.1, -0.05) is 18.2 Å². The number of carbonyl (C=O) groups is 2. The summed E-state index contributed by atoms with van der Waals surface area (Å²) in [6, 6.07) is 9.28. The van der Waals surface area contributed by atoms with Crippen molar-refractivity contribution >= 4 is 17.6 Å². The minimum atomic E-state index is -0.197. The third kappa shape index (κ3) is 4.59. The van der Waals surface area contributed by atoms with Gasteiger partial charge in [0.1, 0.15) is 0 Å². The number of nitrogens with zero attached hydrogens (tertiary/aromatic N) is 3. The van der Waals surface area contributed by atoms with Crippen LogP contribution in [0.2, 0.25) is 0 Å². The van der Waals surface area contributed by atoms with Gasteiger partial charge in [0.25, 0.3) is 0 Å². The summed E-state index contributed by atoms with van der Waals surface area (Å²) < 4.78 is 1.78. The Morgan fingerprint density at radius 3 is 2.59 bits per heavy atom. The SMILES string of the molecule is Cn1cc([C@H]2CNC[C@@H]2C(=O)N2CCC(NC(=O)Nc3ccccc3)CC2)cn1. The van der Waals surface area contributed by atoms with E-state index in [4.69, 9.17) is 0 Å². The first-order chi connectivity index (χ1) is 14.1. The van der Waals surface area contributed by atoms with Crippen LogP contribution in [0.3, 0.4) is 0 Å². The maximum Gasteiger partial charge on any atom is 0.319 e. The fraction of sp³-hybridized carbons (Fsp3) is 0.476. The molecule has 2 saturated heterocycles. The van der Waals surface area contributed by atoms with Crippen LogP contribution in [0, 0.1) is 5.92 Å². The van der Waals surface area contributed by atoms with Crippen LogP contribution in [0.15, 0.2) is 42.7 Å². The molecule has 1 aromatic carbocycles. The third-order valence-corrected chi connectivity index (χ3v) is 5.86. The summed E-state index contributed by atoms with van der Waals surface area (Å²) in [6.07, 6.45) is 5.40. The van der Waals surface area contributed by atoms with Crippen LogP contribution in [0.1, 0.15) is 24.3 Å². The van der Waals surface area contributed by atoms with E-state index >= 15 is 0 Å². The van der Waals surface area contributed by atoms with Gasteiger partial charge in [-0.05, 0) is 30.5 Å². The standard InChI is InChI=1S/C21H28N6O2/c1-26-14-15(11-23-26)18-12-22-13-19(18)20(28)27-9-7-17(8-10-27)25-21(29)24-16-5-3-2-4-6-16/h2-6,11,14,17-19,22H,7-10,12-13H2,1H3,(H2,24,25,29)/t18-,19+/m1/s1. The van der Waals surface area contributed by atoms with Crippen molar-refractivity contribution in [3.8, 4) is 0 Å². The Labute approximate surface area is 170 Å². The number of nitrogens with one attached hydrogen (secondary N) is 3. The number of likely N-dealkylation sites (tertiary alicyclic amines) is 1. The van der Waals surface area contributed by atoms with Crippen molar-refractivity contribution in [2.24, 2.45) is 13.0 Å². The van der Waals surface area contributed by atoms with Gasteiger partial charge in [0, 0.05) is 57.1 Å². The van der Waals surface area contributed by atoms with Crippen LogP contribution in [-0.2, 0) is 11.8 Å². The highest BCUT2D eigenvalue weighted by molar-refractivity contribution is 5.89. The number of para-hydroxylation sites is 1. The van der Waals surface area contributed by atoms with E-state index in [1.807, 2.05) is 54.7 Å². The third-order valence-electron chi connectivity index (χ3n) is 5.86. The maximum absolute atomic E-state index is 13.1. The molecule has 154 valence electrons. The highest BCUT2D eigenvalue weighted by atomic mass is 16.2. The lowest BCUT2D eigenvalue weighted by Gasteiger charge is -2.34. The van der Waals surface area contributed by atoms with Gasteiger partial charge in [0.2, 0.25) is 5.91 Å². The Hall–Kier alpha value is -2.87. The molecule has 3 N–H and O–H groups in total. The molecule has 0 aliphatic carbocycles. The molecule has 8 nitrogen and oxygen atoms in total. The Balaban J connectivity index is 1.28. The molecular formula is C21H28N6O2. The average molecular weight is 396 g/mol. The molecule has 3 amide bonds. The number of piperidine rings is 1. The molecule has 2 aliphatic rings. The highest BCUT2D eigenvalue weighted by Gasteiger charge is 2.38. The minimum Gasteiger partial charge on any atom is -0.342 e. The molecule has 0 radical (unpaired) electrons. The summed E-state index contributed by atoms with van der Waals surface area (Å²) in [6.45, 7) is 2.85. The van der Waals surface area contributed by atoms with Gasteiger partial charge in [-0.3, -0.25) is 9.48 Å². The Kier molecular flexibility index (Phi) is 5.80. The van der Waals surface area contributed by atoms with Gasteiger partial charge < -0.3 is 20.9 Å². The Morgan fingerprint density at radius 2 is 1.90 bits per heavy atom. The molecule has 0 spiro atoms. The molecule has 4 rings (SSSR count). The van der Waals surface area contributed by atoms with Crippen molar-refractivity contribution in [2.75, 3.05) is 31.5 Å². The Morgan fingerprint density at radius 1 is 1.14 bits per heavy atom. The number of hydrogen-bond donors (Lipinski definition) is 3. The zero-order chi connectivity index (χ0) is 20.2. The number of urea groups is 1. The topological polar surface area (TPSA) is 91.3 Å². The lowest BCUT2D eigenvalue weighted by Crippen LogP contribution is -2.49. The predicted molar refractivity (Wildman–Crippen MR) is 111 cm³/mol. The van der Waals surface area contributed by atoms with Crippen LogP contribution in [0.25, 0.3) is 0 Å². The van der Waals surface area contributed by atoms with Crippen LogP contribution in [0.5, 0.6) is 0 Å². The van der Waals surface area contributed by atoms with Gasteiger partial charge in [-0.25, -0.2) is 4.79 Å². The fourth-order valence-electron chi connectivity index (χ4n) is 4.27. The van der Waals surface area contributed by atoms with E-state index in [2.05, 4.69) is 21.0 Å². The smallest absolute Gasteiger partial charge is 0.319 e. The predicted octanol–water partition coefficient (Wildman–Crippen LogP) is 1.54. The number of carbonyl (C=O) groups excluding carboxylic acids is 2. The second-order valence-corrected chi connectivity index (χ2v) is 7.88. The molecule has 2 aliphatic heterocycles. The largest absolute Gasteiger partial charge is 0.342 e. The Bertz CT molecular complexity index is 844. The first-order valence-electron chi connectivity index (χ1n) is 10.2. The van der Waals surface area contributed by atoms with Crippen molar-refractivity contribution < 1.29 is 9.59 Å². The van der Waals surface area contributed by atoms with Gasteiger partial charge in [0.15, 0.2) is 0 Å². The number of aromatic nitrogens is 2. The molecule has 0 bridgehead atoms. The van der Waals surface area contributed by atoms with Gasteiger partial charge in [0.05, 0.1) is 12.1 Å². The minimum absolute atomic E-state index is 0.0508. The van der Waals surface area contributed by atoms with Gasteiger partial charge >= 0.3 is 6.03 Å². The summed E-state index contributed by atoms with van der Waals surface area (Å²) in [5.74, 6) is 0.324. The van der Waals surface area contributed by atoms with E-state index in [0.29, 0.717) is 19.6 Å². The van der Waals surface area contributed by atoms with E-state index < -0.39 is 0 Å². The molecule has 29 heavy (non-hydrogen) atoms. The summed E-state index contributed by atoms with van der Waals surface area (Å²) >= 11 is 0. The first kappa shape index (κ1) is 19.4. The number of aryl methyl sites for hydroxylation is 1. The average Bonchev–Trinajstić information content (AvgIpc) is 3.37. The highest BCUT2D eigenvalue weighted by Crippen LogP contribution is 2.30. The van der Waals surface area contributed by atoms with E-state index in [0.717, 1.165) is 30.6 Å². The summed E-state index contributed by atoms with van der Waals surface area (Å²) in [5, 5.41) is 13.5. The van der Waals surface area contributed by atoms with E-state index in [9.17, 15) is 9.59 Å². The van der Waals surface area contributed by atoms with Crippen molar-refractivity contribution in [2.45, 2.75) is 24.8 Å². The number of hydrogen-bond acceptors (Lipinski definition) is 4.